The molecule has 0 bridgehead atoms. The van der Waals surface area contributed by atoms with E-state index in [9.17, 15) is 19.2 Å². The fourth-order valence-corrected chi connectivity index (χ4v) is 3.89. The summed E-state index contributed by atoms with van der Waals surface area (Å²) < 4.78 is 10.1. The molecule has 9 nitrogen and oxygen atoms in total. The number of ether oxygens (including phenoxy) is 2. The maximum Gasteiger partial charge on any atom is 0.326 e. The molecule has 1 saturated carbocycles. The quantitative estimate of drug-likeness (QED) is 0.552. The van der Waals surface area contributed by atoms with E-state index in [1.807, 2.05) is 6.92 Å². The number of nitrogens with zero attached hydrogens (tertiary/aromatic N) is 1. The molecule has 1 saturated heterocycles. The Morgan fingerprint density at radius 1 is 1.28 bits per heavy atom. The molecule has 2 fully saturated rings. The Morgan fingerprint density at radius 3 is 2.76 bits per heavy atom. The number of rotatable bonds is 6. The lowest BCUT2D eigenvalue weighted by Crippen LogP contribution is -2.54. The van der Waals surface area contributed by atoms with Crippen LogP contribution in [0.1, 0.15) is 32.6 Å². The van der Waals surface area contributed by atoms with E-state index in [-0.39, 0.29) is 5.92 Å². The standard InChI is InChI=1S/C20H25N3O6/c1-13-7-5-6-10-20(13)18(26)23(19(27)22-20)11-17(25)29-12-16(24)21-14-8-3-4-9-15(14)28-2/h3-4,8-9,13H,5-7,10-12H2,1-2H3,(H,21,24)(H,22,27)/t13-,20+/m1/s1. The summed E-state index contributed by atoms with van der Waals surface area (Å²) in [5.41, 5.74) is -0.491. The van der Waals surface area contributed by atoms with E-state index >= 15 is 0 Å². The van der Waals surface area contributed by atoms with Gasteiger partial charge in [-0.15, -0.1) is 0 Å². The largest absolute Gasteiger partial charge is 0.495 e. The van der Waals surface area contributed by atoms with E-state index in [2.05, 4.69) is 10.6 Å². The van der Waals surface area contributed by atoms with Gasteiger partial charge in [-0.1, -0.05) is 31.9 Å². The number of nitrogens with one attached hydrogen (secondary N) is 2. The second-order valence-corrected chi connectivity index (χ2v) is 7.35. The molecule has 3 rings (SSSR count). The molecular formula is C20H25N3O6. The maximum atomic E-state index is 12.8. The molecule has 1 spiro atoms. The number of esters is 1. The highest BCUT2D eigenvalue weighted by Crippen LogP contribution is 2.38. The fourth-order valence-electron chi connectivity index (χ4n) is 3.89. The van der Waals surface area contributed by atoms with Crippen molar-refractivity contribution in [2.75, 3.05) is 25.6 Å². The number of amides is 4. The molecule has 1 aromatic rings. The summed E-state index contributed by atoms with van der Waals surface area (Å²) in [6.07, 6.45) is 3.26. The van der Waals surface area contributed by atoms with Crippen molar-refractivity contribution >= 4 is 29.5 Å². The van der Waals surface area contributed by atoms with Crippen molar-refractivity contribution in [1.82, 2.24) is 10.2 Å². The lowest BCUT2D eigenvalue weighted by atomic mass is 9.73. The summed E-state index contributed by atoms with van der Waals surface area (Å²) in [6, 6.07) is 6.22. The van der Waals surface area contributed by atoms with Gasteiger partial charge in [0.15, 0.2) is 6.61 Å². The minimum Gasteiger partial charge on any atom is -0.495 e. The minimum atomic E-state index is -0.934. The zero-order chi connectivity index (χ0) is 21.0. The van der Waals surface area contributed by atoms with Crippen LogP contribution in [0.2, 0.25) is 0 Å². The van der Waals surface area contributed by atoms with Crippen LogP contribution in [0.5, 0.6) is 5.75 Å². The molecule has 2 atom stereocenters. The molecule has 4 amide bonds. The van der Waals surface area contributed by atoms with Crippen molar-refractivity contribution in [1.29, 1.82) is 0 Å². The molecule has 1 aromatic carbocycles. The van der Waals surface area contributed by atoms with Crippen LogP contribution >= 0.6 is 0 Å². The number of para-hydroxylation sites is 2. The minimum absolute atomic E-state index is 0.000325. The molecular weight excluding hydrogens is 378 g/mol. The first-order valence-corrected chi connectivity index (χ1v) is 9.60. The van der Waals surface area contributed by atoms with Crippen LogP contribution in [0, 0.1) is 5.92 Å². The SMILES string of the molecule is COc1ccccc1NC(=O)COC(=O)CN1C(=O)N[C@]2(CCCC[C@H]2C)C1=O. The van der Waals surface area contributed by atoms with Gasteiger partial charge < -0.3 is 20.1 Å². The molecule has 9 heteroatoms. The number of hydrogen-bond donors (Lipinski definition) is 2. The Balaban J connectivity index is 1.53. The van der Waals surface area contributed by atoms with Crippen LogP contribution in [0.3, 0.4) is 0 Å². The van der Waals surface area contributed by atoms with Gasteiger partial charge in [-0.3, -0.25) is 19.3 Å². The molecule has 156 valence electrons. The monoisotopic (exact) mass is 403 g/mol. The van der Waals surface area contributed by atoms with E-state index in [1.54, 1.807) is 24.3 Å². The van der Waals surface area contributed by atoms with Crippen LogP contribution in [0.4, 0.5) is 10.5 Å². The Morgan fingerprint density at radius 2 is 2.03 bits per heavy atom. The number of hydrogen-bond acceptors (Lipinski definition) is 6. The molecule has 29 heavy (non-hydrogen) atoms. The van der Waals surface area contributed by atoms with Crippen molar-refractivity contribution < 1.29 is 28.7 Å². The van der Waals surface area contributed by atoms with Gasteiger partial charge in [0.05, 0.1) is 12.8 Å². The van der Waals surface area contributed by atoms with E-state index in [0.29, 0.717) is 17.9 Å². The lowest BCUT2D eigenvalue weighted by Gasteiger charge is -2.36. The Kier molecular flexibility index (Phi) is 6.05. The molecule has 1 aliphatic heterocycles. The highest BCUT2D eigenvalue weighted by atomic mass is 16.5. The number of imide groups is 1. The molecule has 0 unspecified atom stereocenters. The smallest absolute Gasteiger partial charge is 0.326 e. The number of benzene rings is 1. The van der Waals surface area contributed by atoms with Crippen LogP contribution in [-0.4, -0.2) is 54.5 Å². The van der Waals surface area contributed by atoms with Crippen molar-refractivity contribution in [2.24, 2.45) is 5.92 Å². The molecule has 1 aliphatic carbocycles. The van der Waals surface area contributed by atoms with E-state index in [0.717, 1.165) is 24.2 Å². The number of methoxy groups -OCH3 is 1. The highest BCUT2D eigenvalue weighted by Gasteiger charge is 2.55. The summed E-state index contributed by atoms with van der Waals surface area (Å²) in [6.45, 7) is 0.866. The zero-order valence-electron chi connectivity index (χ0n) is 16.5. The second kappa shape index (κ2) is 8.50. The molecule has 2 N–H and O–H groups in total. The summed E-state index contributed by atoms with van der Waals surface area (Å²) in [4.78, 5) is 50.1. The number of anilines is 1. The van der Waals surface area contributed by atoms with Crippen LogP contribution in [0.25, 0.3) is 0 Å². The van der Waals surface area contributed by atoms with Crippen molar-refractivity contribution in [3.63, 3.8) is 0 Å². The molecule has 0 aromatic heterocycles. The topological polar surface area (TPSA) is 114 Å². The third-order valence-electron chi connectivity index (χ3n) is 5.53. The maximum absolute atomic E-state index is 12.8. The number of carbonyl (C=O) groups is 4. The van der Waals surface area contributed by atoms with E-state index in [4.69, 9.17) is 9.47 Å². The zero-order valence-corrected chi connectivity index (χ0v) is 16.5. The van der Waals surface area contributed by atoms with Crippen molar-refractivity contribution in [3.05, 3.63) is 24.3 Å². The molecule has 1 heterocycles. The van der Waals surface area contributed by atoms with Gasteiger partial charge in [0, 0.05) is 0 Å². The number of carbonyl (C=O) groups excluding carboxylic acids is 4. The highest BCUT2D eigenvalue weighted by molar-refractivity contribution is 6.09. The fraction of sp³-hybridized carbons (Fsp3) is 0.500. The van der Waals surface area contributed by atoms with Gasteiger partial charge in [0.25, 0.3) is 11.8 Å². The van der Waals surface area contributed by atoms with Gasteiger partial charge in [0.2, 0.25) is 0 Å². The summed E-state index contributed by atoms with van der Waals surface area (Å²) in [7, 11) is 1.48. The van der Waals surface area contributed by atoms with Gasteiger partial charge in [-0.25, -0.2) is 4.79 Å². The summed E-state index contributed by atoms with van der Waals surface area (Å²) in [5, 5.41) is 5.35. The average molecular weight is 403 g/mol. The first-order chi connectivity index (χ1) is 13.9. The van der Waals surface area contributed by atoms with Crippen LogP contribution in [-0.2, 0) is 19.1 Å². The summed E-state index contributed by atoms with van der Waals surface area (Å²) in [5.74, 6) is -1.31. The predicted octanol–water partition coefficient (Wildman–Crippen LogP) is 1.68. The van der Waals surface area contributed by atoms with Crippen LogP contribution < -0.4 is 15.4 Å². The van der Waals surface area contributed by atoms with Crippen LogP contribution in [0.15, 0.2) is 24.3 Å². The van der Waals surface area contributed by atoms with Gasteiger partial charge in [-0.2, -0.15) is 0 Å². The first-order valence-electron chi connectivity index (χ1n) is 9.60. The average Bonchev–Trinajstić information content (AvgIpc) is 2.94. The predicted molar refractivity (Wildman–Crippen MR) is 103 cm³/mol. The summed E-state index contributed by atoms with van der Waals surface area (Å²) >= 11 is 0. The Hall–Kier alpha value is -3.10. The van der Waals surface area contributed by atoms with Gasteiger partial charge in [0.1, 0.15) is 17.8 Å². The van der Waals surface area contributed by atoms with Gasteiger partial charge >= 0.3 is 12.0 Å². The molecule has 0 radical (unpaired) electrons. The second-order valence-electron chi connectivity index (χ2n) is 7.35. The lowest BCUT2D eigenvalue weighted by molar-refractivity contribution is -0.150. The van der Waals surface area contributed by atoms with E-state index in [1.165, 1.54) is 7.11 Å². The number of urea groups is 1. The third kappa shape index (κ3) is 4.18. The van der Waals surface area contributed by atoms with Gasteiger partial charge in [-0.05, 0) is 30.9 Å². The Labute approximate surface area is 168 Å². The Bertz CT molecular complexity index is 826. The third-order valence-corrected chi connectivity index (χ3v) is 5.53. The molecule has 2 aliphatic rings. The van der Waals surface area contributed by atoms with E-state index < -0.39 is 42.5 Å². The normalized spacial score (nSPS) is 23.7. The first kappa shape index (κ1) is 20.6. The van der Waals surface area contributed by atoms with Crippen molar-refractivity contribution in [3.8, 4) is 5.75 Å². The van der Waals surface area contributed by atoms with Crippen molar-refractivity contribution in [2.45, 2.75) is 38.1 Å².